The van der Waals surface area contributed by atoms with Crippen molar-refractivity contribution in [3.05, 3.63) is 0 Å². The van der Waals surface area contributed by atoms with Gasteiger partial charge in [-0.3, -0.25) is 4.79 Å². The van der Waals surface area contributed by atoms with Gasteiger partial charge in [0.05, 0.1) is 0 Å². The molecule has 34 valence electrons. The van der Waals surface area contributed by atoms with Gasteiger partial charge >= 0.3 is 0 Å². The SMILES string of the molecule is Cl.N.NC=O. The zero-order chi connectivity index (χ0) is 2.71. The Morgan fingerprint density at radius 1 is 1.60 bits per heavy atom. The summed E-state index contributed by atoms with van der Waals surface area (Å²) in [6.07, 6.45) is 0.250. The van der Waals surface area contributed by atoms with Crippen LogP contribution >= 0.6 is 12.4 Å². The molecule has 4 heteroatoms. The van der Waals surface area contributed by atoms with Crippen LogP contribution in [0.15, 0.2) is 0 Å². The Hall–Kier alpha value is -0.280. The van der Waals surface area contributed by atoms with Crippen LogP contribution in [0.2, 0.25) is 0 Å². The summed E-state index contributed by atoms with van der Waals surface area (Å²) in [6.45, 7) is 0. The van der Waals surface area contributed by atoms with Gasteiger partial charge in [0.15, 0.2) is 0 Å². The third-order valence-corrected chi connectivity index (χ3v) is 0. The zero-order valence-corrected chi connectivity index (χ0v) is 3.49. The van der Waals surface area contributed by atoms with E-state index < -0.39 is 0 Å². The quantitative estimate of drug-likeness (QED) is 0.408. The largest absolute Gasteiger partial charge is 0.372 e. The fourth-order valence-corrected chi connectivity index (χ4v) is 0. The molecule has 0 aromatic carbocycles. The van der Waals surface area contributed by atoms with Gasteiger partial charge in [0.25, 0.3) is 0 Å². The second-order valence-corrected chi connectivity index (χ2v) is 0.136. The van der Waals surface area contributed by atoms with Crippen LogP contribution in [0, 0.1) is 0 Å². The molecule has 5 heavy (non-hydrogen) atoms. The molecular formula is CH7ClN2O. The predicted octanol–water partition coefficient (Wildman–Crippen LogP) is -0.315. The molecule has 1 amide bonds. The van der Waals surface area contributed by atoms with Crippen LogP contribution in [0.25, 0.3) is 0 Å². The molecule has 0 aliphatic rings. The summed E-state index contributed by atoms with van der Waals surface area (Å²) >= 11 is 0. The first kappa shape index (κ1) is 22.1. The Morgan fingerprint density at radius 2 is 1.60 bits per heavy atom. The molecule has 0 radical (unpaired) electrons. The monoisotopic (exact) mass is 98.0 g/mol. The number of nitrogens with two attached hydrogens (primary N) is 1. The lowest BCUT2D eigenvalue weighted by atomic mass is 11.5. The Morgan fingerprint density at radius 3 is 1.60 bits per heavy atom. The first-order chi connectivity index (χ1) is 1.41. The lowest BCUT2D eigenvalue weighted by Crippen LogP contribution is -1.82. The van der Waals surface area contributed by atoms with E-state index in [1.807, 2.05) is 0 Å². The lowest BCUT2D eigenvalue weighted by molar-refractivity contribution is -0.106. The molecule has 0 aliphatic heterocycles. The summed E-state index contributed by atoms with van der Waals surface area (Å²) in [4.78, 5) is 8.58. The van der Waals surface area contributed by atoms with Crippen molar-refractivity contribution < 1.29 is 4.79 Å². The summed E-state index contributed by atoms with van der Waals surface area (Å²) in [5.74, 6) is 0. The number of carbonyl (C=O) groups excluding carboxylic acids is 1. The minimum absolute atomic E-state index is 0. The number of carbonyl (C=O) groups is 1. The van der Waals surface area contributed by atoms with Gasteiger partial charge in [-0.2, -0.15) is 0 Å². The van der Waals surface area contributed by atoms with E-state index >= 15 is 0 Å². The summed E-state index contributed by atoms with van der Waals surface area (Å²) in [5, 5.41) is 0. The first-order valence-electron chi connectivity index (χ1n) is 0.569. The molecule has 0 fully saturated rings. The number of hydrogen-bond acceptors (Lipinski definition) is 2. The third-order valence-electron chi connectivity index (χ3n) is 0. The van der Waals surface area contributed by atoms with Crippen LogP contribution in [-0.4, -0.2) is 6.41 Å². The number of amides is 1. The molecule has 0 spiro atoms. The Kier molecular flexibility index (Phi) is 234. The molecule has 0 atom stereocenters. The Labute approximate surface area is 36.5 Å². The second kappa shape index (κ2) is 53.1. The topological polar surface area (TPSA) is 78.1 Å². The van der Waals surface area contributed by atoms with E-state index in [-0.39, 0.29) is 25.0 Å². The second-order valence-electron chi connectivity index (χ2n) is 0.136. The summed E-state index contributed by atoms with van der Waals surface area (Å²) < 4.78 is 0. The first-order valence-corrected chi connectivity index (χ1v) is 0.569. The molecular weight excluding hydrogens is 91.5 g/mol. The minimum atomic E-state index is 0. The van der Waals surface area contributed by atoms with Crippen molar-refractivity contribution in [3.63, 3.8) is 0 Å². The molecule has 0 aliphatic carbocycles. The summed E-state index contributed by atoms with van der Waals surface area (Å²) in [6, 6.07) is 0. The van der Waals surface area contributed by atoms with Gasteiger partial charge in [0.1, 0.15) is 0 Å². The Balaban J connectivity index is -0.0000000200. The molecule has 0 aromatic heterocycles. The minimum Gasteiger partial charge on any atom is -0.372 e. The van der Waals surface area contributed by atoms with Gasteiger partial charge in [-0.15, -0.1) is 12.4 Å². The normalized spacial score (nSPS) is 2.40. The van der Waals surface area contributed by atoms with Crippen LogP contribution in [0.3, 0.4) is 0 Å². The van der Waals surface area contributed by atoms with Crippen molar-refractivity contribution in [2.24, 2.45) is 5.73 Å². The van der Waals surface area contributed by atoms with E-state index in [2.05, 4.69) is 5.73 Å². The van der Waals surface area contributed by atoms with E-state index in [0.29, 0.717) is 0 Å². The molecule has 0 heterocycles. The molecule has 0 unspecified atom stereocenters. The number of halogens is 1. The maximum Gasteiger partial charge on any atom is 0.204 e. The third kappa shape index (κ3) is 140. The molecule has 3 nitrogen and oxygen atoms in total. The van der Waals surface area contributed by atoms with Crippen molar-refractivity contribution >= 4 is 18.8 Å². The molecule has 0 bridgehead atoms. The van der Waals surface area contributed by atoms with Gasteiger partial charge in [0.2, 0.25) is 6.41 Å². The van der Waals surface area contributed by atoms with Crippen molar-refractivity contribution in [1.29, 1.82) is 0 Å². The van der Waals surface area contributed by atoms with Crippen LogP contribution in [-0.2, 0) is 4.79 Å². The number of rotatable bonds is 0. The van der Waals surface area contributed by atoms with Crippen LogP contribution in [0.4, 0.5) is 0 Å². The lowest BCUT2D eigenvalue weighted by Gasteiger charge is -1.32. The average molecular weight is 98.5 g/mol. The summed E-state index contributed by atoms with van der Waals surface area (Å²) in [7, 11) is 0. The van der Waals surface area contributed by atoms with Crippen LogP contribution < -0.4 is 11.9 Å². The van der Waals surface area contributed by atoms with Crippen LogP contribution in [0.1, 0.15) is 0 Å². The van der Waals surface area contributed by atoms with Gasteiger partial charge in [-0.1, -0.05) is 0 Å². The highest BCUT2D eigenvalue weighted by Crippen LogP contribution is 0.798. The number of hydrogen-bond donors (Lipinski definition) is 2. The molecule has 0 aromatic rings. The smallest absolute Gasteiger partial charge is 0.204 e. The van der Waals surface area contributed by atoms with Crippen molar-refractivity contribution in [1.82, 2.24) is 6.15 Å². The van der Waals surface area contributed by atoms with E-state index in [1.165, 1.54) is 0 Å². The fourth-order valence-electron chi connectivity index (χ4n) is 0. The van der Waals surface area contributed by atoms with E-state index in [9.17, 15) is 0 Å². The van der Waals surface area contributed by atoms with E-state index in [1.54, 1.807) is 0 Å². The van der Waals surface area contributed by atoms with E-state index in [0.717, 1.165) is 0 Å². The highest BCUT2D eigenvalue weighted by Gasteiger charge is 1.19. The summed E-state index contributed by atoms with van der Waals surface area (Å²) in [5.41, 5.74) is 4.17. The maximum atomic E-state index is 8.58. The maximum absolute atomic E-state index is 8.58. The molecule has 0 saturated heterocycles. The Bertz CT molecular complexity index is 17.1. The average Bonchev–Trinajstić information content (AvgIpc) is 0.918. The van der Waals surface area contributed by atoms with Crippen LogP contribution in [0.5, 0.6) is 0 Å². The zero-order valence-electron chi connectivity index (χ0n) is 2.68. The van der Waals surface area contributed by atoms with Gasteiger partial charge < -0.3 is 11.9 Å². The van der Waals surface area contributed by atoms with Crippen molar-refractivity contribution in [2.45, 2.75) is 0 Å². The molecule has 5 N–H and O–H groups in total. The van der Waals surface area contributed by atoms with Gasteiger partial charge in [0, 0.05) is 0 Å². The van der Waals surface area contributed by atoms with Gasteiger partial charge in [-0.25, -0.2) is 0 Å². The predicted molar refractivity (Wildman–Crippen MR) is 22.5 cm³/mol. The van der Waals surface area contributed by atoms with Crippen molar-refractivity contribution in [2.75, 3.05) is 0 Å². The molecule has 0 rings (SSSR count). The molecule has 0 saturated carbocycles. The van der Waals surface area contributed by atoms with Gasteiger partial charge in [-0.05, 0) is 0 Å². The standard InChI is InChI=1S/CH3NO.ClH.H3N/c2-1-3;;/h1H,(H2,2,3);1H;1H3. The van der Waals surface area contributed by atoms with Crippen molar-refractivity contribution in [3.8, 4) is 0 Å². The highest BCUT2D eigenvalue weighted by molar-refractivity contribution is 5.85. The number of primary amides is 1. The fraction of sp³-hybridized carbons (Fsp3) is 0. The highest BCUT2D eigenvalue weighted by atomic mass is 35.5. The van der Waals surface area contributed by atoms with E-state index in [4.69, 9.17) is 4.79 Å².